The van der Waals surface area contributed by atoms with E-state index in [-0.39, 0.29) is 12.5 Å². The van der Waals surface area contributed by atoms with Gasteiger partial charge in [0, 0.05) is 24.5 Å². The zero-order chi connectivity index (χ0) is 14.2. The maximum Gasteiger partial charge on any atom is 0.289 e. The van der Waals surface area contributed by atoms with E-state index in [9.17, 15) is 4.79 Å². The lowest BCUT2D eigenvalue weighted by Gasteiger charge is -2.14. The number of furan rings is 1. The van der Waals surface area contributed by atoms with E-state index in [0.29, 0.717) is 12.3 Å². The van der Waals surface area contributed by atoms with Crippen LogP contribution < -0.4 is 0 Å². The number of aryl methyl sites for hydroxylation is 3. The highest BCUT2D eigenvalue weighted by Crippen LogP contribution is 2.31. The van der Waals surface area contributed by atoms with Crippen molar-refractivity contribution in [3.05, 3.63) is 34.6 Å². The molecule has 4 heteroatoms. The van der Waals surface area contributed by atoms with Gasteiger partial charge in [0.15, 0.2) is 5.76 Å². The van der Waals surface area contributed by atoms with Crippen LogP contribution in [0.3, 0.4) is 0 Å². The number of benzene rings is 1. The van der Waals surface area contributed by atoms with Crippen molar-refractivity contribution in [2.24, 2.45) is 0 Å². The molecule has 0 radical (unpaired) electrons. The maximum absolute atomic E-state index is 12.3. The van der Waals surface area contributed by atoms with Crippen LogP contribution in [0.25, 0.3) is 11.0 Å². The number of carbonyl (C=O) groups is 1. The van der Waals surface area contributed by atoms with Crippen molar-refractivity contribution in [1.29, 1.82) is 0 Å². The molecule has 0 aliphatic heterocycles. The Morgan fingerprint density at radius 3 is 2.47 bits per heavy atom. The second-order valence-corrected chi connectivity index (χ2v) is 4.91. The van der Waals surface area contributed by atoms with Gasteiger partial charge >= 0.3 is 0 Å². The number of nitrogens with zero attached hydrogens (tertiary/aromatic N) is 1. The maximum atomic E-state index is 12.3. The molecule has 19 heavy (non-hydrogen) atoms. The number of aliphatic hydroxyl groups excluding tert-OH is 1. The Morgan fingerprint density at radius 1 is 1.26 bits per heavy atom. The highest BCUT2D eigenvalue weighted by molar-refractivity contribution is 6.00. The monoisotopic (exact) mass is 261 g/mol. The van der Waals surface area contributed by atoms with E-state index in [1.807, 2.05) is 32.9 Å². The van der Waals surface area contributed by atoms with Crippen molar-refractivity contribution in [2.75, 3.05) is 20.2 Å². The van der Waals surface area contributed by atoms with E-state index < -0.39 is 0 Å². The number of hydrogen-bond donors (Lipinski definition) is 1. The fourth-order valence-electron chi connectivity index (χ4n) is 2.30. The Hall–Kier alpha value is -1.81. The van der Waals surface area contributed by atoms with Crippen LogP contribution in [-0.2, 0) is 0 Å². The van der Waals surface area contributed by atoms with Gasteiger partial charge in [-0.15, -0.1) is 0 Å². The second kappa shape index (κ2) is 5.05. The summed E-state index contributed by atoms with van der Waals surface area (Å²) in [6, 6.07) is 4.03. The summed E-state index contributed by atoms with van der Waals surface area (Å²) in [6.45, 7) is 6.12. The van der Waals surface area contributed by atoms with Crippen molar-refractivity contribution in [3.63, 3.8) is 0 Å². The fourth-order valence-corrected chi connectivity index (χ4v) is 2.30. The van der Waals surface area contributed by atoms with Gasteiger partial charge in [-0.3, -0.25) is 4.79 Å². The van der Waals surface area contributed by atoms with Gasteiger partial charge < -0.3 is 14.4 Å². The van der Waals surface area contributed by atoms with Crippen LogP contribution in [0.15, 0.2) is 16.5 Å². The molecule has 0 aliphatic rings. The smallest absolute Gasteiger partial charge is 0.289 e. The summed E-state index contributed by atoms with van der Waals surface area (Å²) in [7, 11) is 1.66. The molecule has 0 fully saturated rings. The van der Waals surface area contributed by atoms with Gasteiger partial charge in [-0.2, -0.15) is 0 Å². The largest absolute Gasteiger partial charge is 0.450 e. The van der Waals surface area contributed by atoms with Gasteiger partial charge in [0.2, 0.25) is 0 Å². The molecule has 102 valence electrons. The molecule has 0 spiro atoms. The fraction of sp³-hybridized carbons (Fsp3) is 0.400. The number of hydrogen-bond acceptors (Lipinski definition) is 3. The topological polar surface area (TPSA) is 53.7 Å². The molecule has 1 heterocycles. The molecule has 1 aromatic heterocycles. The van der Waals surface area contributed by atoms with E-state index in [0.717, 1.165) is 27.7 Å². The minimum absolute atomic E-state index is 0.0560. The first-order valence-corrected chi connectivity index (χ1v) is 6.33. The highest BCUT2D eigenvalue weighted by atomic mass is 16.3. The van der Waals surface area contributed by atoms with Crippen LogP contribution in [0.5, 0.6) is 0 Å². The van der Waals surface area contributed by atoms with Crippen molar-refractivity contribution in [3.8, 4) is 0 Å². The van der Waals surface area contributed by atoms with E-state index in [4.69, 9.17) is 9.52 Å². The predicted molar refractivity (Wildman–Crippen MR) is 74.5 cm³/mol. The van der Waals surface area contributed by atoms with Crippen LogP contribution in [0.1, 0.15) is 27.2 Å². The Morgan fingerprint density at radius 2 is 1.89 bits per heavy atom. The van der Waals surface area contributed by atoms with Crippen molar-refractivity contribution in [2.45, 2.75) is 20.8 Å². The lowest BCUT2D eigenvalue weighted by molar-refractivity contribution is 0.0737. The first-order chi connectivity index (χ1) is 8.97. The molecule has 0 atom stereocenters. The molecule has 0 saturated heterocycles. The average molecular weight is 261 g/mol. The van der Waals surface area contributed by atoms with Gasteiger partial charge in [-0.25, -0.2) is 0 Å². The number of amides is 1. The van der Waals surface area contributed by atoms with Gasteiger partial charge in [0.1, 0.15) is 5.58 Å². The van der Waals surface area contributed by atoms with Gasteiger partial charge in [0.25, 0.3) is 5.91 Å². The highest BCUT2D eigenvalue weighted by Gasteiger charge is 2.22. The van der Waals surface area contributed by atoms with Gasteiger partial charge in [-0.1, -0.05) is 12.1 Å². The van der Waals surface area contributed by atoms with E-state index in [2.05, 4.69) is 0 Å². The molecular formula is C15H19NO3. The molecule has 0 unspecified atom stereocenters. The van der Waals surface area contributed by atoms with Crippen LogP contribution >= 0.6 is 0 Å². The van der Waals surface area contributed by atoms with Crippen molar-refractivity contribution >= 4 is 16.9 Å². The molecule has 0 aliphatic carbocycles. The van der Waals surface area contributed by atoms with Crippen LogP contribution in [0, 0.1) is 20.8 Å². The summed E-state index contributed by atoms with van der Waals surface area (Å²) in [5.74, 6) is 0.171. The molecule has 0 saturated carbocycles. The summed E-state index contributed by atoms with van der Waals surface area (Å²) in [4.78, 5) is 13.7. The summed E-state index contributed by atoms with van der Waals surface area (Å²) >= 11 is 0. The summed E-state index contributed by atoms with van der Waals surface area (Å²) in [5.41, 5.74) is 3.77. The van der Waals surface area contributed by atoms with Crippen molar-refractivity contribution < 1.29 is 14.3 Å². The Bertz CT molecular complexity index is 628. The van der Waals surface area contributed by atoms with Crippen LogP contribution in [-0.4, -0.2) is 36.1 Å². The third-order valence-electron chi connectivity index (χ3n) is 3.46. The van der Waals surface area contributed by atoms with Crippen LogP contribution in [0.2, 0.25) is 0 Å². The molecule has 2 rings (SSSR count). The van der Waals surface area contributed by atoms with Crippen molar-refractivity contribution in [1.82, 2.24) is 4.90 Å². The minimum atomic E-state index is -0.193. The SMILES string of the molecule is Cc1ccc(C)c2c(C)c(C(=O)N(C)CCO)oc12. The number of carbonyl (C=O) groups excluding carboxylic acids is 1. The third kappa shape index (κ3) is 2.24. The van der Waals surface area contributed by atoms with Gasteiger partial charge in [-0.05, 0) is 31.9 Å². The quantitative estimate of drug-likeness (QED) is 0.923. The Balaban J connectivity index is 2.57. The number of fused-ring (bicyclic) bond motifs is 1. The van der Waals surface area contributed by atoms with Crippen LogP contribution in [0.4, 0.5) is 0 Å². The molecular weight excluding hydrogens is 242 g/mol. The normalized spacial score (nSPS) is 11.0. The zero-order valence-corrected chi connectivity index (χ0v) is 11.8. The van der Waals surface area contributed by atoms with E-state index in [1.165, 1.54) is 4.90 Å². The number of likely N-dealkylation sites (N-methyl/N-ethyl adjacent to an activating group) is 1. The molecule has 1 N–H and O–H groups in total. The summed E-state index contributed by atoms with van der Waals surface area (Å²) in [6.07, 6.45) is 0. The third-order valence-corrected chi connectivity index (χ3v) is 3.46. The lowest BCUT2D eigenvalue weighted by atomic mass is 10.0. The van der Waals surface area contributed by atoms with Gasteiger partial charge in [0.05, 0.1) is 6.61 Å². The first-order valence-electron chi connectivity index (χ1n) is 6.33. The number of rotatable bonds is 3. The molecule has 1 amide bonds. The molecule has 0 bridgehead atoms. The first kappa shape index (κ1) is 13.6. The summed E-state index contributed by atoms with van der Waals surface area (Å²) in [5, 5.41) is 9.92. The zero-order valence-electron chi connectivity index (χ0n) is 11.8. The standard InChI is InChI=1S/C15H19NO3/c1-9-5-6-10(2)13-12(9)11(3)14(19-13)15(18)16(4)7-8-17/h5-6,17H,7-8H2,1-4H3. The van der Waals surface area contributed by atoms with E-state index in [1.54, 1.807) is 7.05 Å². The molecule has 2 aromatic rings. The molecule has 1 aromatic carbocycles. The Labute approximate surface area is 112 Å². The minimum Gasteiger partial charge on any atom is -0.450 e. The summed E-state index contributed by atoms with van der Waals surface area (Å²) < 4.78 is 5.77. The predicted octanol–water partition coefficient (Wildman–Crippen LogP) is 2.42. The molecule has 4 nitrogen and oxygen atoms in total. The van der Waals surface area contributed by atoms with E-state index >= 15 is 0 Å². The average Bonchev–Trinajstić information content (AvgIpc) is 2.72. The second-order valence-electron chi connectivity index (χ2n) is 4.91. The lowest BCUT2D eigenvalue weighted by Crippen LogP contribution is -2.29. The number of aliphatic hydroxyl groups is 1. The Kier molecular flexibility index (Phi) is 3.62.